The molecule has 2 N–H and O–H groups in total. The molecule has 1 aliphatic rings. The number of benzene rings is 1. The number of alkyl halides is 3. The van der Waals surface area contributed by atoms with Gasteiger partial charge in [0.1, 0.15) is 0 Å². The van der Waals surface area contributed by atoms with E-state index in [4.69, 9.17) is 0 Å². The van der Waals surface area contributed by atoms with Crippen molar-refractivity contribution in [3.05, 3.63) is 24.3 Å². The third kappa shape index (κ3) is 6.06. The van der Waals surface area contributed by atoms with Gasteiger partial charge in [0.15, 0.2) is 0 Å². The second kappa shape index (κ2) is 8.06. The van der Waals surface area contributed by atoms with Gasteiger partial charge in [0, 0.05) is 11.3 Å². The second-order valence-corrected chi connectivity index (χ2v) is 6.99. The summed E-state index contributed by atoms with van der Waals surface area (Å²) in [6, 6.07) is 6.01. The molecule has 23 heavy (non-hydrogen) atoms. The highest BCUT2D eigenvalue weighted by Gasteiger charge is 2.30. The van der Waals surface area contributed by atoms with E-state index < -0.39 is 5.51 Å². The molecule has 2 unspecified atom stereocenters. The average molecular weight is 346 g/mol. The Hall–Kier alpha value is -1.21. The summed E-state index contributed by atoms with van der Waals surface area (Å²) in [7, 11) is 0. The fourth-order valence-electron chi connectivity index (χ4n) is 2.81. The van der Waals surface area contributed by atoms with E-state index in [1.807, 2.05) is 6.92 Å². The van der Waals surface area contributed by atoms with Gasteiger partial charge in [-0.2, -0.15) is 13.2 Å². The molecule has 1 fully saturated rings. The summed E-state index contributed by atoms with van der Waals surface area (Å²) < 4.78 is 37.7. The Balaban J connectivity index is 1.94. The van der Waals surface area contributed by atoms with E-state index in [0.29, 0.717) is 12.3 Å². The maximum absolute atomic E-state index is 12.6. The molecule has 1 aromatic rings. The molecule has 3 nitrogen and oxygen atoms in total. The number of amides is 1. The van der Waals surface area contributed by atoms with Gasteiger partial charge < -0.3 is 10.6 Å². The molecule has 7 heteroatoms. The van der Waals surface area contributed by atoms with Crippen molar-refractivity contribution in [2.24, 2.45) is 11.8 Å². The Morgan fingerprint density at radius 3 is 2.83 bits per heavy atom. The lowest BCUT2D eigenvalue weighted by Crippen LogP contribution is -2.34. The predicted octanol–water partition coefficient (Wildman–Crippen LogP) is 4.26. The Morgan fingerprint density at radius 2 is 2.17 bits per heavy atom. The number of hydrogen-bond donors (Lipinski definition) is 2. The number of carbonyl (C=O) groups excluding carboxylic acids is 1. The van der Waals surface area contributed by atoms with Crippen LogP contribution in [0.3, 0.4) is 0 Å². The molecular formula is C16H21F3N2OS. The van der Waals surface area contributed by atoms with Gasteiger partial charge in [-0.25, -0.2) is 0 Å². The zero-order valence-corrected chi connectivity index (χ0v) is 13.8. The third-order valence-electron chi connectivity index (χ3n) is 4.03. The summed E-state index contributed by atoms with van der Waals surface area (Å²) in [5.74, 6) is 0.401. The van der Waals surface area contributed by atoms with Crippen molar-refractivity contribution in [3.63, 3.8) is 0 Å². The van der Waals surface area contributed by atoms with Crippen molar-refractivity contribution in [1.82, 2.24) is 5.32 Å². The summed E-state index contributed by atoms with van der Waals surface area (Å²) in [6.07, 6.45) is 2.50. The lowest BCUT2D eigenvalue weighted by Gasteiger charge is -2.28. The maximum atomic E-state index is 12.6. The molecule has 1 amide bonds. The van der Waals surface area contributed by atoms with Crippen LogP contribution in [0.15, 0.2) is 29.2 Å². The van der Waals surface area contributed by atoms with Gasteiger partial charge >= 0.3 is 5.51 Å². The number of para-hydroxylation sites is 1. The lowest BCUT2D eigenvalue weighted by molar-refractivity contribution is -0.117. The zero-order valence-electron chi connectivity index (χ0n) is 13.0. The van der Waals surface area contributed by atoms with Crippen LogP contribution >= 0.6 is 11.8 Å². The van der Waals surface area contributed by atoms with Crippen molar-refractivity contribution in [3.8, 4) is 0 Å². The topological polar surface area (TPSA) is 41.1 Å². The van der Waals surface area contributed by atoms with E-state index in [1.54, 1.807) is 6.07 Å². The highest BCUT2D eigenvalue weighted by molar-refractivity contribution is 8.00. The fraction of sp³-hybridized carbons (Fsp3) is 0.562. The summed E-state index contributed by atoms with van der Waals surface area (Å²) in [5, 5.41) is 5.94. The molecule has 1 aromatic carbocycles. The molecule has 0 aliphatic carbocycles. The molecule has 1 saturated heterocycles. The molecule has 0 radical (unpaired) electrons. The first-order chi connectivity index (χ1) is 10.8. The van der Waals surface area contributed by atoms with Crippen LogP contribution in [0.25, 0.3) is 0 Å². The van der Waals surface area contributed by atoms with E-state index in [-0.39, 0.29) is 34.2 Å². The number of thioether (sulfide) groups is 1. The molecule has 0 bridgehead atoms. The normalized spacial score (nSPS) is 20.1. The summed E-state index contributed by atoms with van der Waals surface area (Å²) >= 11 is -0.208. The van der Waals surface area contributed by atoms with Crippen LogP contribution < -0.4 is 10.6 Å². The number of anilines is 1. The summed E-state index contributed by atoms with van der Waals surface area (Å²) in [4.78, 5) is 12.2. The molecule has 0 spiro atoms. The van der Waals surface area contributed by atoms with E-state index >= 15 is 0 Å². The number of halogens is 3. The minimum absolute atomic E-state index is 0.0142. The van der Waals surface area contributed by atoms with Crippen LogP contribution in [0, 0.1) is 11.8 Å². The van der Waals surface area contributed by atoms with Crippen LogP contribution in [0.5, 0.6) is 0 Å². The van der Waals surface area contributed by atoms with Crippen LogP contribution in [0.4, 0.5) is 18.9 Å². The molecule has 2 atom stereocenters. The molecule has 0 saturated carbocycles. The number of hydrogen-bond acceptors (Lipinski definition) is 3. The van der Waals surface area contributed by atoms with Gasteiger partial charge in [-0.15, -0.1) is 0 Å². The van der Waals surface area contributed by atoms with Gasteiger partial charge in [0.05, 0.1) is 5.69 Å². The molecule has 1 aliphatic heterocycles. The molecule has 128 valence electrons. The van der Waals surface area contributed by atoms with Crippen molar-refractivity contribution in [2.75, 3.05) is 18.4 Å². The molecule has 2 rings (SSSR count). The highest BCUT2D eigenvalue weighted by atomic mass is 32.2. The van der Waals surface area contributed by atoms with Crippen LogP contribution in [0.2, 0.25) is 0 Å². The lowest BCUT2D eigenvalue weighted by atomic mass is 9.85. The minimum Gasteiger partial charge on any atom is -0.325 e. The number of rotatable bonds is 5. The first-order valence-corrected chi connectivity index (χ1v) is 8.52. The van der Waals surface area contributed by atoms with Gasteiger partial charge in [0.2, 0.25) is 5.91 Å². The maximum Gasteiger partial charge on any atom is 0.446 e. The van der Waals surface area contributed by atoms with E-state index in [2.05, 4.69) is 10.6 Å². The number of carbonyl (C=O) groups is 1. The standard InChI is InChI=1S/C16H21F3N2OS/c1-11(12-5-4-8-20-10-12)9-15(22)21-13-6-2-3-7-14(13)23-16(17,18)19/h2-3,6-7,11-12,20H,4-5,8-10H2,1H3,(H,21,22). The van der Waals surface area contributed by atoms with Gasteiger partial charge in [-0.3, -0.25) is 4.79 Å². The van der Waals surface area contributed by atoms with Gasteiger partial charge in [-0.1, -0.05) is 19.1 Å². The smallest absolute Gasteiger partial charge is 0.325 e. The largest absolute Gasteiger partial charge is 0.446 e. The average Bonchev–Trinajstić information content (AvgIpc) is 2.48. The van der Waals surface area contributed by atoms with Crippen molar-refractivity contribution >= 4 is 23.4 Å². The zero-order chi connectivity index (χ0) is 16.9. The predicted molar refractivity (Wildman–Crippen MR) is 86.4 cm³/mol. The van der Waals surface area contributed by atoms with Crippen molar-refractivity contribution in [1.29, 1.82) is 0 Å². The Bertz CT molecular complexity index is 530. The number of nitrogens with one attached hydrogen (secondary N) is 2. The minimum atomic E-state index is -4.37. The second-order valence-electron chi connectivity index (χ2n) is 5.88. The van der Waals surface area contributed by atoms with Crippen LogP contribution in [0.1, 0.15) is 26.2 Å². The SMILES string of the molecule is CC(CC(=O)Nc1ccccc1SC(F)(F)F)C1CCCNC1. The van der Waals surface area contributed by atoms with Crippen LogP contribution in [-0.4, -0.2) is 24.5 Å². The Morgan fingerprint density at radius 1 is 1.43 bits per heavy atom. The van der Waals surface area contributed by atoms with Crippen molar-refractivity contribution in [2.45, 2.75) is 36.6 Å². The van der Waals surface area contributed by atoms with E-state index in [9.17, 15) is 18.0 Å². The van der Waals surface area contributed by atoms with Gasteiger partial charge in [-0.05, 0) is 61.7 Å². The first kappa shape index (κ1) is 18.1. The Kier molecular flexibility index (Phi) is 6.35. The van der Waals surface area contributed by atoms with E-state index in [0.717, 1.165) is 25.9 Å². The van der Waals surface area contributed by atoms with Gasteiger partial charge in [0.25, 0.3) is 0 Å². The third-order valence-corrected chi connectivity index (χ3v) is 4.84. The molecular weight excluding hydrogens is 325 g/mol. The van der Waals surface area contributed by atoms with E-state index in [1.165, 1.54) is 18.2 Å². The molecule has 1 heterocycles. The number of piperidine rings is 1. The first-order valence-electron chi connectivity index (χ1n) is 7.70. The Labute approximate surface area is 138 Å². The monoisotopic (exact) mass is 346 g/mol. The fourth-order valence-corrected chi connectivity index (χ4v) is 3.43. The highest BCUT2D eigenvalue weighted by Crippen LogP contribution is 2.40. The van der Waals surface area contributed by atoms with Crippen LogP contribution in [-0.2, 0) is 4.79 Å². The molecule has 0 aromatic heterocycles. The van der Waals surface area contributed by atoms with Crippen molar-refractivity contribution < 1.29 is 18.0 Å². The summed E-state index contributed by atoms with van der Waals surface area (Å²) in [6.45, 7) is 3.93. The summed E-state index contributed by atoms with van der Waals surface area (Å²) in [5.41, 5.74) is -4.16. The quantitative estimate of drug-likeness (QED) is 0.783.